The van der Waals surface area contributed by atoms with E-state index in [1.807, 2.05) is 6.07 Å². The third kappa shape index (κ3) is 0.888. The molecule has 1 aliphatic heterocycles. The Labute approximate surface area is 64.4 Å². The minimum absolute atomic E-state index is 0.150. The number of rotatable bonds is 0. The van der Waals surface area contributed by atoms with E-state index < -0.39 is 0 Å². The highest BCUT2D eigenvalue weighted by atomic mass is 16.5. The number of anilines is 1. The predicted octanol–water partition coefficient (Wildman–Crippen LogP) is 0.909. The van der Waals surface area contributed by atoms with Crippen LogP contribution in [0, 0.1) is 0 Å². The second kappa shape index (κ2) is 2.05. The number of hydrogen-bond donors (Lipinski definition) is 2. The highest BCUT2D eigenvalue weighted by Gasteiger charge is 2.16. The molecule has 0 aromatic heterocycles. The molecule has 0 bridgehead atoms. The standard InChI is InChI=1S/C8H9NO2/c9-6-3-5-1-2-11-8(5)7(10)4-6/h3-4,10H,1-2,9H2. The molecule has 1 aromatic rings. The van der Waals surface area contributed by atoms with Gasteiger partial charge in [-0.2, -0.15) is 0 Å². The zero-order valence-electron chi connectivity index (χ0n) is 6.00. The largest absolute Gasteiger partial charge is 0.504 e. The summed E-state index contributed by atoms with van der Waals surface area (Å²) in [6.07, 6.45) is 0.841. The van der Waals surface area contributed by atoms with Crippen LogP contribution in [0.4, 0.5) is 5.69 Å². The SMILES string of the molecule is Nc1cc(O)c2c(c1)CCO2. The van der Waals surface area contributed by atoms with E-state index in [0.29, 0.717) is 18.0 Å². The molecule has 3 N–H and O–H groups in total. The van der Waals surface area contributed by atoms with Crippen LogP contribution in [0.5, 0.6) is 11.5 Å². The molecular weight excluding hydrogens is 142 g/mol. The van der Waals surface area contributed by atoms with Crippen LogP contribution in [-0.4, -0.2) is 11.7 Å². The lowest BCUT2D eigenvalue weighted by atomic mass is 10.1. The normalized spacial score (nSPS) is 14.2. The van der Waals surface area contributed by atoms with Gasteiger partial charge >= 0.3 is 0 Å². The van der Waals surface area contributed by atoms with E-state index in [2.05, 4.69) is 0 Å². The lowest BCUT2D eigenvalue weighted by Crippen LogP contribution is -1.86. The number of ether oxygens (including phenoxy) is 1. The molecule has 3 heteroatoms. The summed E-state index contributed by atoms with van der Waals surface area (Å²) in [7, 11) is 0. The summed E-state index contributed by atoms with van der Waals surface area (Å²) in [5.41, 5.74) is 7.11. The molecule has 0 aliphatic carbocycles. The van der Waals surface area contributed by atoms with E-state index in [9.17, 15) is 5.11 Å². The van der Waals surface area contributed by atoms with Crippen molar-refractivity contribution in [2.45, 2.75) is 6.42 Å². The Bertz CT molecular complexity index is 296. The lowest BCUT2D eigenvalue weighted by molar-refractivity contribution is 0.335. The van der Waals surface area contributed by atoms with Crippen LogP contribution in [0.3, 0.4) is 0 Å². The maximum absolute atomic E-state index is 9.31. The van der Waals surface area contributed by atoms with Gasteiger partial charge in [0.2, 0.25) is 0 Å². The quantitative estimate of drug-likeness (QED) is 0.542. The van der Waals surface area contributed by atoms with Gasteiger partial charge < -0.3 is 15.6 Å². The third-order valence-electron chi connectivity index (χ3n) is 1.79. The molecule has 0 saturated heterocycles. The van der Waals surface area contributed by atoms with E-state index in [-0.39, 0.29) is 5.75 Å². The van der Waals surface area contributed by atoms with Crippen LogP contribution in [0.25, 0.3) is 0 Å². The van der Waals surface area contributed by atoms with Crippen molar-refractivity contribution in [2.24, 2.45) is 0 Å². The summed E-state index contributed by atoms with van der Waals surface area (Å²) < 4.78 is 5.18. The van der Waals surface area contributed by atoms with E-state index in [0.717, 1.165) is 12.0 Å². The van der Waals surface area contributed by atoms with Crippen LogP contribution in [-0.2, 0) is 6.42 Å². The zero-order valence-corrected chi connectivity index (χ0v) is 6.00. The number of fused-ring (bicyclic) bond motifs is 1. The number of benzene rings is 1. The molecule has 0 unspecified atom stereocenters. The van der Waals surface area contributed by atoms with Gasteiger partial charge in [-0.3, -0.25) is 0 Å². The highest BCUT2D eigenvalue weighted by Crippen LogP contribution is 2.36. The van der Waals surface area contributed by atoms with Gasteiger partial charge in [-0.25, -0.2) is 0 Å². The minimum Gasteiger partial charge on any atom is -0.504 e. The van der Waals surface area contributed by atoms with Crippen LogP contribution in [0.1, 0.15) is 5.56 Å². The van der Waals surface area contributed by atoms with Gasteiger partial charge in [0.25, 0.3) is 0 Å². The van der Waals surface area contributed by atoms with Crippen LogP contribution in [0.2, 0.25) is 0 Å². The van der Waals surface area contributed by atoms with Crippen molar-refractivity contribution in [2.75, 3.05) is 12.3 Å². The second-order valence-electron chi connectivity index (χ2n) is 2.63. The maximum Gasteiger partial charge on any atom is 0.164 e. The smallest absolute Gasteiger partial charge is 0.164 e. The minimum atomic E-state index is 0.150. The van der Waals surface area contributed by atoms with Crippen molar-refractivity contribution in [3.8, 4) is 11.5 Å². The second-order valence-corrected chi connectivity index (χ2v) is 2.63. The average Bonchev–Trinajstić information content (AvgIpc) is 2.34. The van der Waals surface area contributed by atoms with Gasteiger partial charge in [0.05, 0.1) is 6.61 Å². The van der Waals surface area contributed by atoms with Gasteiger partial charge in [0.15, 0.2) is 11.5 Å². The van der Waals surface area contributed by atoms with Gasteiger partial charge in [0.1, 0.15) is 0 Å². The molecule has 58 valence electrons. The molecule has 0 amide bonds. The molecule has 0 fully saturated rings. The molecular formula is C8H9NO2. The first-order valence-electron chi connectivity index (χ1n) is 3.51. The number of hydrogen-bond acceptors (Lipinski definition) is 3. The Morgan fingerprint density at radius 3 is 3.09 bits per heavy atom. The summed E-state index contributed by atoms with van der Waals surface area (Å²) in [5, 5.41) is 9.31. The fourth-order valence-electron chi connectivity index (χ4n) is 1.31. The number of phenols is 1. The van der Waals surface area contributed by atoms with Gasteiger partial charge in [-0.15, -0.1) is 0 Å². The lowest BCUT2D eigenvalue weighted by Gasteiger charge is -2.02. The Morgan fingerprint density at radius 2 is 2.27 bits per heavy atom. The first-order valence-corrected chi connectivity index (χ1v) is 3.51. The molecule has 1 aromatic carbocycles. The van der Waals surface area contributed by atoms with Crippen LogP contribution < -0.4 is 10.5 Å². The summed E-state index contributed by atoms with van der Waals surface area (Å²) in [6, 6.07) is 3.34. The van der Waals surface area contributed by atoms with Crippen molar-refractivity contribution < 1.29 is 9.84 Å². The Kier molecular flexibility index (Phi) is 1.18. The summed E-state index contributed by atoms with van der Waals surface area (Å²) >= 11 is 0. The number of nitrogen functional groups attached to an aromatic ring is 1. The molecule has 0 radical (unpaired) electrons. The molecule has 0 atom stereocenters. The molecule has 1 heterocycles. The Morgan fingerprint density at radius 1 is 1.45 bits per heavy atom. The predicted molar refractivity (Wildman–Crippen MR) is 41.7 cm³/mol. The van der Waals surface area contributed by atoms with Gasteiger partial charge in [0, 0.05) is 23.7 Å². The summed E-state index contributed by atoms with van der Waals surface area (Å²) in [4.78, 5) is 0. The van der Waals surface area contributed by atoms with E-state index in [1.165, 1.54) is 6.07 Å². The first-order chi connectivity index (χ1) is 5.27. The monoisotopic (exact) mass is 151 g/mol. The fourth-order valence-corrected chi connectivity index (χ4v) is 1.31. The molecule has 2 rings (SSSR count). The highest BCUT2D eigenvalue weighted by molar-refractivity contribution is 5.57. The van der Waals surface area contributed by atoms with Crippen molar-refractivity contribution in [1.29, 1.82) is 0 Å². The average molecular weight is 151 g/mol. The number of phenolic OH excluding ortho intramolecular Hbond substituents is 1. The fraction of sp³-hybridized carbons (Fsp3) is 0.250. The van der Waals surface area contributed by atoms with Gasteiger partial charge in [-0.05, 0) is 6.07 Å². The van der Waals surface area contributed by atoms with E-state index in [4.69, 9.17) is 10.5 Å². The number of aromatic hydroxyl groups is 1. The van der Waals surface area contributed by atoms with Gasteiger partial charge in [-0.1, -0.05) is 0 Å². The summed E-state index contributed by atoms with van der Waals surface area (Å²) in [5.74, 6) is 0.747. The topological polar surface area (TPSA) is 55.5 Å². The first kappa shape index (κ1) is 6.34. The van der Waals surface area contributed by atoms with E-state index in [1.54, 1.807) is 0 Å². The summed E-state index contributed by atoms with van der Waals surface area (Å²) in [6.45, 7) is 0.645. The van der Waals surface area contributed by atoms with Crippen molar-refractivity contribution in [3.63, 3.8) is 0 Å². The number of nitrogens with two attached hydrogens (primary N) is 1. The van der Waals surface area contributed by atoms with Crippen molar-refractivity contribution in [1.82, 2.24) is 0 Å². The maximum atomic E-state index is 9.31. The Balaban J connectivity index is 2.60. The van der Waals surface area contributed by atoms with Crippen molar-refractivity contribution >= 4 is 5.69 Å². The Hall–Kier alpha value is -1.38. The van der Waals surface area contributed by atoms with Crippen LogP contribution >= 0.6 is 0 Å². The van der Waals surface area contributed by atoms with Crippen LogP contribution in [0.15, 0.2) is 12.1 Å². The molecule has 0 spiro atoms. The molecule has 1 aliphatic rings. The van der Waals surface area contributed by atoms with Crippen molar-refractivity contribution in [3.05, 3.63) is 17.7 Å². The third-order valence-corrected chi connectivity index (χ3v) is 1.79. The molecule has 0 saturated carbocycles. The molecule has 3 nitrogen and oxygen atoms in total. The molecule has 11 heavy (non-hydrogen) atoms. The zero-order chi connectivity index (χ0) is 7.84. The van der Waals surface area contributed by atoms with E-state index >= 15 is 0 Å².